The Hall–Kier alpha value is -3.87. The number of hydrogen-bond donors (Lipinski definition) is 1. The average molecular weight is 390 g/mol. The van der Waals surface area contributed by atoms with Gasteiger partial charge in [0.15, 0.2) is 5.82 Å². The number of aryl methyl sites for hydroxylation is 1. The standard InChI is InChI=1S/C22H19FN4O2/c1-15-20(21(28)24-18-7-3-4-8-19(18)29-2)22(26-13-5-6-14-26)27(25-15)17-11-9-16(23)10-12-17/h3-14H,1-2H3,(H,24,28). The maximum atomic E-state index is 13.4. The first-order chi connectivity index (χ1) is 14.1. The molecule has 0 atom stereocenters. The number of hydrogen-bond acceptors (Lipinski definition) is 3. The third kappa shape index (κ3) is 3.50. The smallest absolute Gasteiger partial charge is 0.261 e. The van der Waals surface area contributed by atoms with Gasteiger partial charge in [0.05, 0.1) is 24.2 Å². The average Bonchev–Trinajstić information content (AvgIpc) is 3.36. The van der Waals surface area contributed by atoms with Crippen LogP contribution in [0.4, 0.5) is 10.1 Å². The Morgan fingerprint density at radius 1 is 1.03 bits per heavy atom. The van der Waals surface area contributed by atoms with E-state index in [1.807, 2.05) is 36.7 Å². The molecule has 1 amide bonds. The Balaban J connectivity index is 1.83. The van der Waals surface area contributed by atoms with Crippen molar-refractivity contribution in [2.75, 3.05) is 12.4 Å². The molecular weight excluding hydrogens is 371 g/mol. The lowest BCUT2D eigenvalue weighted by Crippen LogP contribution is -2.16. The highest BCUT2D eigenvalue weighted by molar-refractivity contribution is 6.08. The first-order valence-corrected chi connectivity index (χ1v) is 9.02. The minimum atomic E-state index is -0.339. The van der Waals surface area contributed by atoms with Crippen LogP contribution in [-0.4, -0.2) is 27.4 Å². The molecule has 6 nitrogen and oxygen atoms in total. The Morgan fingerprint density at radius 2 is 1.72 bits per heavy atom. The first kappa shape index (κ1) is 18.5. The summed E-state index contributed by atoms with van der Waals surface area (Å²) < 4.78 is 22.2. The minimum Gasteiger partial charge on any atom is -0.495 e. The van der Waals surface area contributed by atoms with Crippen LogP contribution in [0.2, 0.25) is 0 Å². The van der Waals surface area contributed by atoms with E-state index in [2.05, 4.69) is 10.4 Å². The molecule has 0 fully saturated rings. The first-order valence-electron chi connectivity index (χ1n) is 9.02. The van der Waals surface area contributed by atoms with Crippen LogP contribution in [0.15, 0.2) is 73.1 Å². The molecule has 7 heteroatoms. The van der Waals surface area contributed by atoms with Crippen LogP contribution < -0.4 is 10.1 Å². The van der Waals surface area contributed by atoms with Crippen molar-refractivity contribution in [1.82, 2.24) is 14.3 Å². The molecule has 4 rings (SSSR count). The number of halogens is 1. The molecule has 1 N–H and O–H groups in total. The van der Waals surface area contributed by atoms with E-state index in [0.717, 1.165) is 0 Å². The van der Waals surface area contributed by atoms with E-state index >= 15 is 0 Å². The number of anilines is 1. The predicted molar refractivity (Wildman–Crippen MR) is 109 cm³/mol. The Labute approximate surface area is 167 Å². The predicted octanol–water partition coefficient (Wildman–Crippen LogP) is 4.37. The molecule has 146 valence electrons. The van der Waals surface area contributed by atoms with E-state index in [0.29, 0.717) is 34.2 Å². The van der Waals surface area contributed by atoms with Crippen LogP contribution >= 0.6 is 0 Å². The number of carbonyl (C=O) groups is 1. The van der Waals surface area contributed by atoms with E-state index in [9.17, 15) is 9.18 Å². The highest BCUT2D eigenvalue weighted by atomic mass is 19.1. The number of rotatable bonds is 5. The number of nitrogens with zero attached hydrogens (tertiary/aromatic N) is 3. The van der Waals surface area contributed by atoms with Gasteiger partial charge in [0.1, 0.15) is 17.1 Å². The van der Waals surface area contributed by atoms with E-state index in [1.54, 1.807) is 47.5 Å². The molecular formula is C22H19FN4O2. The second-order valence-corrected chi connectivity index (χ2v) is 6.42. The van der Waals surface area contributed by atoms with Crippen molar-refractivity contribution < 1.29 is 13.9 Å². The lowest BCUT2D eigenvalue weighted by molar-refractivity contribution is 0.102. The number of carbonyl (C=O) groups excluding carboxylic acids is 1. The molecule has 0 spiro atoms. The maximum absolute atomic E-state index is 13.4. The fourth-order valence-corrected chi connectivity index (χ4v) is 3.19. The Morgan fingerprint density at radius 3 is 2.41 bits per heavy atom. The van der Waals surface area contributed by atoms with Gasteiger partial charge in [-0.15, -0.1) is 0 Å². The Bertz CT molecular complexity index is 1150. The number of para-hydroxylation sites is 2. The van der Waals surface area contributed by atoms with Gasteiger partial charge in [-0.2, -0.15) is 5.10 Å². The van der Waals surface area contributed by atoms with Crippen molar-refractivity contribution in [2.45, 2.75) is 6.92 Å². The largest absolute Gasteiger partial charge is 0.495 e. The van der Waals surface area contributed by atoms with E-state index in [4.69, 9.17) is 4.74 Å². The lowest BCUT2D eigenvalue weighted by atomic mass is 10.2. The summed E-state index contributed by atoms with van der Waals surface area (Å²) in [6.45, 7) is 1.77. The topological polar surface area (TPSA) is 61.1 Å². The zero-order valence-corrected chi connectivity index (χ0v) is 16.0. The molecule has 2 aromatic heterocycles. The van der Waals surface area contributed by atoms with Gasteiger partial charge in [0, 0.05) is 12.4 Å². The van der Waals surface area contributed by atoms with Gasteiger partial charge >= 0.3 is 0 Å². The minimum absolute atomic E-state index is 0.316. The molecule has 0 aliphatic rings. The van der Waals surface area contributed by atoms with Gasteiger partial charge < -0.3 is 14.6 Å². The second kappa shape index (κ2) is 7.63. The van der Waals surface area contributed by atoms with Crippen LogP contribution in [0.25, 0.3) is 11.5 Å². The summed E-state index contributed by atoms with van der Waals surface area (Å²) in [7, 11) is 1.55. The number of nitrogens with one attached hydrogen (secondary N) is 1. The third-order valence-electron chi connectivity index (χ3n) is 4.54. The van der Waals surface area contributed by atoms with Gasteiger partial charge in [-0.05, 0) is 55.5 Å². The van der Waals surface area contributed by atoms with Gasteiger partial charge in [-0.25, -0.2) is 9.07 Å². The summed E-state index contributed by atoms with van der Waals surface area (Å²) in [5.74, 6) is 0.469. The quantitative estimate of drug-likeness (QED) is 0.550. The van der Waals surface area contributed by atoms with Crippen LogP contribution in [0.3, 0.4) is 0 Å². The highest BCUT2D eigenvalue weighted by Gasteiger charge is 2.24. The number of amides is 1. The zero-order chi connectivity index (χ0) is 20.4. The van der Waals surface area contributed by atoms with Crippen LogP contribution in [0.1, 0.15) is 16.1 Å². The summed E-state index contributed by atoms with van der Waals surface area (Å²) in [6.07, 6.45) is 3.66. The van der Waals surface area contributed by atoms with E-state index < -0.39 is 0 Å². The molecule has 0 saturated heterocycles. The van der Waals surface area contributed by atoms with Crippen molar-refractivity contribution in [1.29, 1.82) is 0 Å². The van der Waals surface area contributed by atoms with Gasteiger partial charge in [-0.1, -0.05) is 12.1 Å². The normalized spacial score (nSPS) is 10.7. The molecule has 0 radical (unpaired) electrons. The highest BCUT2D eigenvalue weighted by Crippen LogP contribution is 2.27. The summed E-state index contributed by atoms with van der Waals surface area (Å²) in [6, 6.07) is 16.9. The molecule has 0 aliphatic carbocycles. The van der Waals surface area contributed by atoms with Crippen LogP contribution in [0, 0.1) is 12.7 Å². The van der Waals surface area contributed by atoms with Crippen LogP contribution in [-0.2, 0) is 0 Å². The third-order valence-corrected chi connectivity index (χ3v) is 4.54. The van der Waals surface area contributed by atoms with Crippen molar-refractivity contribution in [3.63, 3.8) is 0 Å². The summed E-state index contributed by atoms with van der Waals surface area (Å²) >= 11 is 0. The SMILES string of the molecule is COc1ccccc1NC(=O)c1c(C)nn(-c2ccc(F)cc2)c1-n1cccc1. The van der Waals surface area contributed by atoms with Crippen molar-refractivity contribution >= 4 is 11.6 Å². The molecule has 4 aromatic rings. The number of methoxy groups -OCH3 is 1. The molecule has 2 aromatic carbocycles. The molecule has 0 aliphatic heterocycles. The Kier molecular flexibility index (Phi) is 4.87. The summed E-state index contributed by atoms with van der Waals surface area (Å²) in [5, 5.41) is 7.46. The molecule has 2 heterocycles. The zero-order valence-electron chi connectivity index (χ0n) is 16.0. The lowest BCUT2D eigenvalue weighted by Gasteiger charge is -2.13. The summed E-state index contributed by atoms with van der Waals surface area (Å²) in [5.41, 5.74) is 2.17. The number of benzene rings is 2. The van der Waals surface area contributed by atoms with Crippen molar-refractivity contribution in [2.24, 2.45) is 0 Å². The van der Waals surface area contributed by atoms with Crippen molar-refractivity contribution in [3.05, 3.63) is 90.1 Å². The fraction of sp³-hybridized carbons (Fsp3) is 0.0909. The number of ether oxygens (including phenoxy) is 1. The summed E-state index contributed by atoms with van der Waals surface area (Å²) in [4.78, 5) is 13.2. The fourth-order valence-electron chi connectivity index (χ4n) is 3.19. The monoisotopic (exact) mass is 390 g/mol. The van der Waals surface area contributed by atoms with Crippen LogP contribution in [0.5, 0.6) is 5.75 Å². The molecule has 29 heavy (non-hydrogen) atoms. The van der Waals surface area contributed by atoms with Crippen molar-refractivity contribution in [3.8, 4) is 17.3 Å². The van der Waals surface area contributed by atoms with E-state index in [1.165, 1.54) is 12.1 Å². The number of aromatic nitrogens is 3. The van der Waals surface area contributed by atoms with E-state index in [-0.39, 0.29) is 11.7 Å². The van der Waals surface area contributed by atoms with Gasteiger partial charge in [-0.3, -0.25) is 4.79 Å². The second-order valence-electron chi connectivity index (χ2n) is 6.42. The maximum Gasteiger partial charge on any atom is 0.261 e. The van der Waals surface area contributed by atoms with Gasteiger partial charge in [0.2, 0.25) is 0 Å². The molecule has 0 saturated carbocycles. The van der Waals surface area contributed by atoms with Gasteiger partial charge in [0.25, 0.3) is 5.91 Å². The molecule has 0 bridgehead atoms. The molecule has 0 unspecified atom stereocenters.